The zero-order valence-electron chi connectivity index (χ0n) is 16.3. The second-order valence-electron chi connectivity index (χ2n) is 7.69. The number of nitrogens with zero attached hydrogens (tertiary/aromatic N) is 1. The Hall–Kier alpha value is -1.82. The van der Waals surface area contributed by atoms with Crippen LogP contribution < -0.4 is 10.1 Å². The molecule has 1 aliphatic heterocycles. The zero-order chi connectivity index (χ0) is 18.6. The normalized spacial score (nSPS) is 23.9. The third-order valence-electron chi connectivity index (χ3n) is 5.78. The zero-order valence-corrected chi connectivity index (χ0v) is 16.3. The Morgan fingerprint density at radius 2 is 1.89 bits per heavy atom. The SMILES string of the molecule is COc1ccc(C(CNCc2ccc(C3CC3C)o2)N2CCOCC2)cc1. The minimum atomic E-state index is 0.317. The molecule has 1 saturated carbocycles. The summed E-state index contributed by atoms with van der Waals surface area (Å²) in [6, 6.07) is 13.0. The van der Waals surface area contributed by atoms with E-state index < -0.39 is 0 Å². The van der Waals surface area contributed by atoms with E-state index in [2.05, 4.69) is 41.4 Å². The van der Waals surface area contributed by atoms with Crippen LogP contribution in [0.25, 0.3) is 0 Å². The fourth-order valence-corrected chi connectivity index (χ4v) is 3.91. The van der Waals surface area contributed by atoms with Gasteiger partial charge in [0, 0.05) is 31.6 Å². The van der Waals surface area contributed by atoms with Crippen molar-refractivity contribution in [1.29, 1.82) is 0 Å². The molecule has 1 aliphatic carbocycles. The van der Waals surface area contributed by atoms with E-state index in [9.17, 15) is 0 Å². The van der Waals surface area contributed by atoms with Gasteiger partial charge in [-0.25, -0.2) is 0 Å². The monoisotopic (exact) mass is 370 g/mol. The number of methoxy groups -OCH3 is 1. The molecule has 5 heteroatoms. The molecule has 0 amide bonds. The highest BCUT2D eigenvalue weighted by atomic mass is 16.5. The molecule has 3 atom stereocenters. The Kier molecular flexibility index (Phi) is 5.81. The van der Waals surface area contributed by atoms with Gasteiger partial charge in [0.1, 0.15) is 17.3 Å². The van der Waals surface area contributed by atoms with Crippen molar-refractivity contribution in [2.75, 3.05) is 40.0 Å². The molecule has 2 fully saturated rings. The maximum Gasteiger partial charge on any atom is 0.118 e. The number of rotatable bonds is 8. The summed E-state index contributed by atoms with van der Waals surface area (Å²) in [5.41, 5.74) is 1.30. The van der Waals surface area contributed by atoms with Gasteiger partial charge < -0.3 is 19.2 Å². The fraction of sp³-hybridized carbons (Fsp3) is 0.545. The Bertz CT molecular complexity index is 721. The van der Waals surface area contributed by atoms with Crippen LogP contribution in [0.1, 0.15) is 42.4 Å². The number of hydrogen-bond acceptors (Lipinski definition) is 5. The van der Waals surface area contributed by atoms with E-state index in [4.69, 9.17) is 13.9 Å². The molecular weight excluding hydrogens is 340 g/mol. The first-order valence-corrected chi connectivity index (χ1v) is 9.99. The first-order valence-electron chi connectivity index (χ1n) is 9.99. The molecule has 27 heavy (non-hydrogen) atoms. The van der Waals surface area contributed by atoms with E-state index in [0.717, 1.165) is 62.6 Å². The lowest BCUT2D eigenvalue weighted by atomic mass is 10.0. The topological polar surface area (TPSA) is 46.9 Å². The van der Waals surface area contributed by atoms with Crippen LogP contribution in [-0.2, 0) is 11.3 Å². The quantitative estimate of drug-likeness (QED) is 0.770. The highest BCUT2D eigenvalue weighted by molar-refractivity contribution is 5.29. The van der Waals surface area contributed by atoms with E-state index in [1.165, 1.54) is 12.0 Å². The van der Waals surface area contributed by atoms with Crippen molar-refractivity contribution in [2.45, 2.75) is 31.8 Å². The number of benzene rings is 1. The van der Waals surface area contributed by atoms with Gasteiger partial charge in [0.15, 0.2) is 0 Å². The molecule has 3 unspecified atom stereocenters. The van der Waals surface area contributed by atoms with Gasteiger partial charge in [-0.05, 0) is 42.2 Å². The standard InChI is InChI=1S/C22H30N2O3/c1-16-13-20(16)22-8-7-19(27-22)14-23-15-21(24-9-11-26-12-10-24)17-3-5-18(25-2)6-4-17/h3-8,16,20-21,23H,9-15H2,1-2H3. The van der Waals surface area contributed by atoms with Gasteiger partial charge in [0.2, 0.25) is 0 Å². The average Bonchev–Trinajstić information content (AvgIpc) is 3.26. The van der Waals surface area contributed by atoms with Gasteiger partial charge in [-0.3, -0.25) is 4.90 Å². The summed E-state index contributed by atoms with van der Waals surface area (Å²) < 4.78 is 16.9. The first kappa shape index (κ1) is 18.5. The summed E-state index contributed by atoms with van der Waals surface area (Å²) in [4.78, 5) is 2.50. The van der Waals surface area contributed by atoms with Gasteiger partial charge in [-0.2, -0.15) is 0 Å². The van der Waals surface area contributed by atoms with Crippen molar-refractivity contribution in [3.05, 3.63) is 53.5 Å². The molecule has 1 N–H and O–H groups in total. The van der Waals surface area contributed by atoms with Crippen molar-refractivity contribution < 1.29 is 13.9 Å². The van der Waals surface area contributed by atoms with Gasteiger partial charge in [0.25, 0.3) is 0 Å². The van der Waals surface area contributed by atoms with E-state index in [-0.39, 0.29) is 0 Å². The molecule has 1 aromatic carbocycles. The van der Waals surface area contributed by atoms with Crippen LogP contribution in [0, 0.1) is 5.92 Å². The predicted molar refractivity (Wildman–Crippen MR) is 105 cm³/mol. The van der Waals surface area contributed by atoms with Crippen LogP contribution in [0.4, 0.5) is 0 Å². The summed E-state index contributed by atoms with van der Waals surface area (Å²) in [6.07, 6.45) is 1.26. The highest BCUT2D eigenvalue weighted by Crippen LogP contribution is 2.47. The van der Waals surface area contributed by atoms with Crippen molar-refractivity contribution in [1.82, 2.24) is 10.2 Å². The molecule has 2 heterocycles. The van der Waals surface area contributed by atoms with Crippen molar-refractivity contribution in [3.8, 4) is 5.75 Å². The second-order valence-corrected chi connectivity index (χ2v) is 7.69. The van der Waals surface area contributed by atoms with Gasteiger partial charge in [-0.15, -0.1) is 0 Å². The number of ether oxygens (including phenoxy) is 2. The Morgan fingerprint density at radius 3 is 2.56 bits per heavy atom. The predicted octanol–water partition coefficient (Wildman–Crippen LogP) is 3.57. The number of nitrogens with one attached hydrogen (secondary N) is 1. The van der Waals surface area contributed by atoms with Gasteiger partial charge >= 0.3 is 0 Å². The van der Waals surface area contributed by atoms with Crippen LogP contribution in [-0.4, -0.2) is 44.9 Å². The molecule has 0 spiro atoms. The van der Waals surface area contributed by atoms with Crippen molar-refractivity contribution in [2.24, 2.45) is 5.92 Å². The largest absolute Gasteiger partial charge is 0.497 e. The summed E-state index contributed by atoms with van der Waals surface area (Å²) >= 11 is 0. The number of hydrogen-bond donors (Lipinski definition) is 1. The molecule has 0 radical (unpaired) electrons. The van der Waals surface area contributed by atoms with E-state index in [0.29, 0.717) is 12.0 Å². The molecule has 146 valence electrons. The van der Waals surface area contributed by atoms with E-state index >= 15 is 0 Å². The van der Waals surface area contributed by atoms with Gasteiger partial charge in [-0.1, -0.05) is 19.1 Å². The average molecular weight is 370 g/mol. The van der Waals surface area contributed by atoms with Crippen LogP contribution in [0.15, 0.2) is 40.8 Å². The van der Waals surface area contributed by atoms with Crippen LogP contribution in [0.3, 0.4) is 0 Å². The second kappa shape index (κ2) is 8.46. The maximum absolute atomic E-state index is 6.03. The van der Waals surface area contributed by atoms with Crippen LogP contribution in [0.5, 0.6) is 5.75 Å². The molecule has 1 aromatic heterocycles. The minimum absolute atomic E-state index is 0.317. The fourth-order valence-electron chi connectivity index (χ4n) is 3.91. The third-order valence-corrected chi connectivity index (χ3v) is 5.78. The lowest BCUT2D eigenvalue weighted by Crippen LogP contribution is -2.42. The first-order chi connectivity index (χ1) is 13.2. The highest BCUT2D eigenvalue weighted by Gasteiger charge is 2.36. The number of furan rings is 1. The number of morpholine rings is 1. The lowest BCUT2D eigenvalue weighted by molar-refractivity contribution is 0.0160. The van der Waals surface area contributed by atoms with Crippen molar-refractivity contribution in [3.63, 3.8) is 0 Å². The molecule has 4 rings (SSSR count). The van der Waals surface area contributed by atoms with E-state index in [1.807, 2.05) is 12.1 Å². The summed E-state index contributed by atoms with van der Waals surface area (Å²) in [6.45, 7) is 7.44. The van der Waals surface area contributed by atoms with Crippen molar-refractivity contribution >= 4 is 0 Å². The molecule has 2 aromatic rings. The lowest BCUT2D eigenvalue weighted by Gasteiger charge is -2.35. The van der Waals surface area contributed by atoms with Crippen LogP contribution in [0.2, 0.25) is 0 Å². The van der Waals surface area contributed by atoms with Gasteiger partial charge in [0.05, 0.1) is 26.9 Å². The summed E-state index contributed by atoms with van der Waals surface area (Å²) in [5, 5.41) is 3.60. The smallest absolute Gasteiger partial charge is 0.118 e. The van der Waals surface area contributed by atoms with Crippen LogP contribution >= 0.6 is 0 Å². The Morgan fingerprint density at radius 1 is 1.15 bits per heavy atom. The molecule has 0 bridgehead atoms. The third kappa shape index (κ3) is 4.54. The maximum atomic E-state index is 6.03. The molecule has 5 nitrogen and oxygen atoms in total. The minimum Gasteiger partial charge on any atom is -0.497 e. The summed E-state index contributed by atoms with van der Waals surface area (Å²) in [5.74, 6) is 4.49. The molecule has 1 saturated heterocycles. The van der Waals surface area contributed by atoms with E-state index in [1.54, 1.807) is 7.11 Å². The Balaban J connectivity index is 1.38. The Labute approximate surface area is 161 Å². The molecular formula is C22H30N2O3. The molecule has 2 aliphatic rings. The summed E-state index contributed by atoms with van der Waals surface area (Å²) in [7, 11) is 1.70.